The van der Waals surface area contributed by atoms with E-state index in [9.17, 15) is 9.18 Å². The summed E-state index contributed by atoms with van der Waals surface area (Å²) < 4.78 is 20.2. The van der Waals surface area contributed by atoms with E-state index in [1.54, 1.807) is 6.92 Å². The lowest BCUT2D eigenvalue weighted by Crippen LogP contribution is -2.32. The van der Waals surface area contributed by atoms with Crippen LogP contribution >= 0.6 is 0 Å². The largest absolute Gasteiger partial charge is 0.393 e. The van der Waals surface area contributed by atoms with E-state index in [1.165, 1.54) is 31.5 Å². The minimum absolute atomic E-state index is 0.0327. The first-order valence-electron chi connectivity index (χ1n) is 6.72. The Morgan fingerprint density at radius 2 is 2.25 bits per heavy atom. The number of halogens is 1. The van der Waals surface area contributed by atoms with Gasteiger partial charge in [0.1, 0.15) is 12.0 Å². The summed E-state index contributed by atoms with van der Waals surface area (Å²) in [5.41, 5.74) is 3.71. The zero-order chi connectivity index (χ0) is 14.8. The van der Waals surface area contributed by atoms with Gasteiger partial charge in [0, 0.05) is 12.6 Å². The molecule has 7 heteroatoms. The van der Waals surface area contributed by atoms with Gasteiger partial charge in [-0.1, -0.05) is 19.3 Å². The second-order valence-corrected chi connectivity index (χ2v) is 5.44. The lowest BCUT2D eigenvalue weighted by molar-refractivity contribution is -0.0951. The normalized spacial score (nSPS) is 31.6. The maximum atomic E-state index is 13.8. The molecule has 2 aliphatic rings. The van der Waals surface area contributed by atoms with Crippen LogP contribution in [0, 0.1) is 0 Å². The third-order valence-electron chi connectivity index (χ3n) is 3.16. The summed E-state index contributed by atoms with van der Waals surface area (Å²) >= 11 is 0. The summed E-state index contributed by atoms with van der Waals surface area (Å²) in [6, 6.07) is 1.39. The van der Waals surface area contributed by atoms with Gasteiger partial charge >= 0.3 is 5.69 Å². The Labute approximate surface area is 116 Å². The molecule has 0 radical (unpaired) electrons. The molecule has 1 aromatic rings. The average molecular weight is 285 g/mol. The molecule has 3 N–H and O–H groups in total. The van der Waals surface area contributed by atoms with Crippen molar-refractivity contribution in [1.82, 2.24) is 9.55 Å². The molecule has 1 saturated heterocycles. The zero-order valence-electron chi connectivity index (χ0n) is 11.5. The van der Waals surface area contributed by atoms with Gasteiger partial charge in [-0.15, -0.1) is 0 Å². The Balaban J connectivity index is 0.000000432. The van der Waals surface area contributed by atoms with Crippen molar-refractivity contribution in [1.29, 1.82) is 0 Å². The van der Waals surface area contributed by atoms with Crippen molar-refractivity contribution in [3.8, 4) is 0 Å². The first-order chi connectivity index (χ1) is 9.45. The predicted octanol–water partition coefficient (Wildman–Crippen LogP) is 1.00. The van der Waals surface area contributed by atoms with E-state index < -0.39 is 23.7 Å². The molecule has 20 heavy (non-hydrogen) atoms. The Morgan fingerprint density at radius 1 is 1.60 bits per heavy atom. The number of nitrogens with two attached hydrogens (primary N) is 1. The number of hydrogen-bond donors (Lipinski definition) is 2. The van der Waals surface area contributed by atoms with Crippen molar-refractivity contribution in [2.75, 3.05) is 12.3 Å². The van der Waals surface area contributed by atoms with E-state index in [4.69, 9.17) is 15.6 Å². The molecule has 1 aromatic heterocycles. The van der Waals surface area contributed by atoms with E-state index in [2.05, 4.69) is 4.98 Å². The lowest BCUT2D eigenvalue weighted by Gasteiger charge is -2.21. The quantitative estimate of drug-likeness (QED) is 0.846. The molecule has 1 saturated carbocycles. The smallest absolute Gasteiger partial charge is 0.351 e. The van der Waals surface area contributed by atoms with Crippen LogP contribution in [0.5, 0.6) is 0 Å². The van der Waals surface area contributed by atoms with E-state index in [0.29, 0.717) is 0 Å². The summed E-state index contributed by atoms with van der Waals surface area (Å²) in [6.45, 7) is 1.29. The van der Waals surface area contributed by atoms with Crippen LogP contribution in [0.3, 0.4) is 0 Å². The van der Waals surface area contributed by atoms with E-state index in [0.717, 1.165) is 4.57 Å². The molecule has 2 fully saturated rings. The molecule has 0 amide bonds. The summed E-state index contributed by atoms with van der Waals surface area (Å²) in [5, 5.41) is 9.11. The fraction of sp³-hybridized carbons (Fsp3) is 0.692. The highest BCUT2D eigenvalue weighted by Crippen LogP contribution is 2.37. The number of aliphatic hydroxyl groups is 1. The van der Waals surface area contributed by atoms with Crippen LogP contribution < -0.4 is 11.4 Å². The van der Waals surface area contributed by atoms with Crippen LogP contribution in [-0.4, -0.2) is 33.0 Å². The Bertz CT molecular complexity index is 517. The highest BCUT2D eigenvalue weighted by Gasteiger charge is 2.44. The molecule has 0 spiro atoms. The van der Waals surface area contributed by atoms with Crippen molar-refractivity contribution in [3.05, 3.63) is 22.7 Å². The van der Waals surface area contributed by atoms with Gasteiger partial charge in [-0.2, -0.15) is 4.98 Å². The van der Waals surface area contributed by atoms with Gasteiger partial charge in [-0.25, -0.2) is 9.18 Å². The van der Waals surface area contributed by atoms with Crippen LogP contribution in [0.25, 0.3) is 0 Å². The molecule has 0 bridgehead atoms. The number of hydrogen-bond acceptors (Lipinski definition) is 5. The number of alkyl halides is 1. The molecule has 1 aliphatic carbocycles. The van der Waals surface area contributed by atoms with Crippen molar-refractivity contribution < 1.29 is 14.2 Å². The van der Waals surface area contributed by atoms with E-state index in [-0.39, 0.29) is 18.8 Å². The third kappa shape index (κ3) is 3.55. The van der Waals surface area contributed by atoms with Crippen molar-refractivity contribution in [2.45, 2.75) is 50.6 Å². The Hall–Kier alpha value is -1.47. The van der Waals surface area contributed by atoms with Gasteiger partial charge in [0.25, 0.3) is 0 Å². The van der Waals surface area contributed by atoms with Crippen molar-refractivity contribution in [3.63, 3.8) is 0 Å². The molecule has 1 aliphatic heterocycles. The van der Waals surface area contributed by atoms with Crippen LogP contribution in [-0.2, 0) is 4.74 Å². The number of rotatable bonds is 2. The predicted molar refractivity (Wildman–Crippen MR) is 71.9 cm³/mol. The summed E-state index contributed by atoms with van der Waals surface area (Å²) in [7, 11) is 0. The monoisotopic (exact) mass is 285 g/mol. The van der Waals surface area contributed by atoms with Gasteiger partial charge in [0.2, 0.25) is 0 Å². The maximum absolute atomic E-state index is 13.8. The summed E-state index contributed by atoms with van der Waals surface area (Å²) in [6.07, 6.45) is 3.44. The fourth-order valence-electron chi connectivity index (χ4n) is 1.88. The van der Waals surface area contributed by atoms with Gasteiger partial charge < -0.3 is 15.6 Å². The van der Waals surface area contributed by atoms with Gasteiger partial charge in [0.15, 0.2) is 6.23 Å². The Kier molecular flexibility index (Phi) is 4.39. The van der Waals surface area contributed by atoms with Crippen LogP contribution in [0.1, 0.15) is 38.8 Å². The third-order valence-corrected chi connectivity index (χ3v) is 3.16. The highest BCUT2D eigenvalue weighted by molar-refractivity contribution is 5.23. The van der Waals surface area contributed by atoms with Gasteiger partial charge in [0.05, 0.1) is 12.2 Å². The van der Waals surface area contributed by atoms with E-state index in [1.807, 2.05) is 0 Å². The second kappa shape index (κ2) is 5.88. The fourth-order valence-corrected chi connectivity index (χ4v) is 1.88. The molecule has 112 valence electrons. The molecular weight excluding hydrogens is 265 g/mol. The average Bonchev–Trinajstić information content (AvgIpc) is 3.22. The van der Waals surface area contributed by atoms with Crippen molar-refractivity contribution >= 4 is 5.82 Å². The molecule has 2 heterocycles. The van der Waals surface area contributed by atoms with Crippen LogP contribution in [0.15, 0.2) is 17.1 Å². The standard InChI is InChI=1S/C10H14FN3O3.C3H6/c1-10(5-15)4-6(11)8(17-10)14-3-2-7(12)13-9(14)16;1-2-3-1/h2-3,6,8,15H,4-5H2,1H3,(H2,12,13,16);1-3H2/t6?,8?,10-;/m0./s1. The molecule has 3 rings (SSSR count). The minimum atomic E-state index is -1.37. The Morgan fingerprint density at radius 3 is 2.70 bits per heavy atom. The summed E-state index contributed by atoms with van der Waals surface area (Å²) in [4.78, 5) is 15.0. The second-order valence-electron chi connectivity index (χ2n) is 5.44. The zero-order valence-corrected chi connectivity index (χ0v) is 11.5. The highest BCUT2D eigenvalue weighted by atomic mass is 19.1. The molecule has 6 nitrogen and oxygen atoms in total. The van der Waals surface area contributed by atoms with Gasteiger partial charge in [-0.05, 0) is 13.0 Å². The van der Waals surface area contributed by atoms with Crippen LogP contribution in [0.4, 0.5) is 10.2 Å². The van der Waals surface area contributed by atoms with Crippen molar-refractivity contribution in [2.24, 2.45) is 0 Å². The van der Waals surface area contributed by atoms with Crippen LogP contribution in [0.2, 0.25) is 0 Å². The number of nitrogens with zero attached hydrogens (tertiary/aromatic N) is 2. The first kappa shape index (κ1) is 14.9. The molecule has 2 unspecified atom stereocenters. The number of aromatic nitrogens is 2. The molecular formula is C13H20FN3O3. The molecule has 3 atom stereocenters. The van der Waals surface area contributed by atoms with Gasteiger partial charge in [-0.3, -0.25) is 4.57 Å². The number of anilines is 1. The SMILES string of the molecule is C1CC1.C[C@@]1(CO)CC(F)C(n2ccc(N)nc2=O)O1. The topological polar surface area (TPSA) is 90.4 Å². The number of nitrogen functional groups attached to an aromatic ring is 1. The van der Waals surface area contributed by atoms with E-state index >= 15 is 0 Å². The lowest BCUT2D eigenvalue weighted by atomic mass is 10.0. The summed E-state index contributed by atoms with van der Waals surface area (Å²) in [5.74, 6) is 0.0737. The minimum Gasteiger partial charge on any atom is -0.393 e. The first-order valence-corrected chi connectivity index (χ1v) is 6.72. The molecule has 0 aromatic carbocycles. The number of ether oxygens (including phenoxy) is 1. The number of aliphatic hydroxyl groups excluding tert-OH is 1. The maximum Gasteiger partial charge on any atom is 0.351 e.